The molecule has 0 bridgehead atoms. The van der Waals surface area contributed by atoms with E-state index in [0.717, 1.165) is 0 Å². The van der Waals surface area contributed by atoms with Crippen molar-refractivity contribution in [1.82, 2.24) is 14.3 Å². The highest BCUT2D eigenvalue weighted by Crippen LogP contribution is 2.30. The van der Waals surface area contributed by atoms with Crippen LogP contribution in [0.5, 0.6) is 11.5 Å². The summed E-state index contributed by atoms with van der Waals surface area (Å²) in [5, 5.41) is 0. The van der Waals surface area contributed by atoms with Crippen LogP contribution < -0.4 is 14.2 Å². The Morgan fingerprint density at radius 3 is 2.19 bits per heavy atom. The van der Waals surface area contributed by atoms with Gasteiger partial charge >= 0.3 is 0 Å². The Morgan fingerprint density at radius 2 is 1.67 bits per heavy atom. The minimum atomic E-state index is -3.77. The fourth-order valence-corrected chi connectivity index (χ4v) is 3.95. The molecule has 7 nitrogen and oxygen atoms in total. The van der Waals surface area contributed by atoms with E-state index in [1.807, 2.05) is 7.05 Å². The van der Waals surface area contributed by atoms with Crippen LogP contribution in [0.25, 0.3) is 0 Å². The van der Waals surface area contributed by atoms with Crippen molar-refractivity contribution in [3.05, 3.63) is 72.3 Å². The minimum absolute atomic E-state index is 0.180. The maximum atomic E-state index is 12.9. The van der Waals surface area contributed by atoms with Gasteiger partial charge in [0.15, 0.2) is 0 Å². The van der Waals surface area contributed by atoms with Crippen molar-refractivity contribution in [3.8, 4) is 11.5 Å². The first-order valence-electron chi connectivity index (χ1n) is 8.22. The van der Waals surface area contributed by atoms with E-state index in [1.54, 1.807) is 79.7 Å². The average molecular weight is 387 g/mol. The third-order valence-corrected chi connectivity index (χ3v) is 5.59. The number of hydrogen-bond acceptors (Lipinski definition) is 5. The molecule has 27 heavy (non-hydrogen) atoms. The average Bonchev–Trinajstić information content (AvgIpc) is 3.12. The molecule has 2 aromatic carbocycles. The van der Waals surface area contributed by atoms with Gasteiger partial charge in [0.2, 0.25) is 10.0 Å². The van der Waals surface area contributed by atoms with Gasteiger partial charge in [-0.3, -0.25) is 0 Å². The number of methoxy groups -OCH3 is 2. The zero-order valence-corrected chi connectivity index (χ0v) is 16.1. The fourth-order valence-electron chi connectivity index (χ4n) is 2.74. The molecule has 3 aromatic rings. The Kier molecular flexibility index (Phi) is 5.48. The second-order valence-electron chi connectivity index (χ2n) is 5.91. The van der Waals surface area contributed by atoms with Crippen LogP contribution in [0.3, 0.4) is 0 Å². The summed E-state index contributed by atoms with van der Waals surface area (Å²) in [5.74, 6) is 1.66. The minimum Gasteiger partial charge on any atom is -0.497 e. The van der Waals surface area contributed by atoms with E-state index in [9.17, 15) is 8.42 Å². The lowest BCUT2D eigenvalue weighted by Gasteiger charge is -2.20. The molecule has 3 rings (SSSR count). The normalized spacial score (nSPS) is 12.6. The Labute approximate surface area is 158 Å². The largest absolute Gasteiger partial charge is 0.497 e. The molecule has 0 aliphatic rings. The summed E-state index contributed by atoms with van der Waals surface area (Å²) >= 11 is 0. The predicted octanol–water partition coefficient (Wildman–Crippen LogP) is 2.51. The number of rotatable bonds is 7. The van der Waals surface area contributed by atoms with Gasteiger partial charge in [0.25, 0.3) is 0 Å². The van der Waals surface area contributed by atoms with Crippen LogP contribution in [0, 0.1) is 0 Å². The third kappa shape index (κ3) is 4.12. The fraction of sp³-hybridized carbons (Fsp3) is 0.211. The van der Waals surface area contributed by atoms with Crippen LogP contribution in [0.15, 0.2) is 65.8 Å². The van der Waals surface area contributed by atoms with Gasteiger partial charge < -0.3 is 14.0 Å². The topological polar surface area (TPSA) is 82.4 Å². The van der Waals surface area contributed by atoms with Crippen LogP contribution in [-0.2, 0) is 17.1 Å². The zero-order chi connectivity index (χ0) is 19.4. The van der Waals surface area contributed by atoms with Crippen molar-refractivity contribution in [2.45, 2.75) is 10.9 Å². The highest BCUT2D eigenvalue weighted by molar-refractivity contribution is 7.89. The first-order chi connectivity index (χ1) is 12.9. The number of benzene rings is 2. The van der Waals surface area contributed by atoms with E-state index in [-0.39, 0.29) is 4.90 Å². The lowest BCUT2D eigenvalue weighted by atomic mass is 10.1. The molecule has 1 N–H and O–H groups in total. The zero-order valence-electron chi connectivity index (χ0n) is 15.3. The van der Waals surface area contributed by atoms with Gasteiger partial charge in [-0.1, -0.05) is 18.2 Å². The first-order valence-corrected chi connectivity index (χ1v) is 9.70. The van der Waals surface area contributed by atoms with E-state index in [0.29, 0.717) is 22.9 Å². The van der Waals surface area contributed by atoms with Crippen molar-refractivity contribution in [1.29, 1.82) is 0 Å². The Morgan fingerprint density at radius 1 is 1.04 bits per heavy atom. The molecule has 142 valence electrons. The number of nitrogens with zero attached hydrogens (tertiary/aromatic N) is 2. The maximum absolute atomic E-state index is 12.9. The number of ether oxygens (including phenoxy) is 2. The van der Waals surface area contributed by atoms with Crippen molar-refractivity contribution in [3.63, 3.8) is 0 Å². The number of aromatic nitrogens is 2. The molecular weight excluding hydrogens is 366 g/mol. The molecule has 0 saturated carbocycles. The smallest absolute Gasteiger partial charge is 0.241 e. The molecular formula is C19H21N3O4S. The molecule has 0 spiro atoms. The number of hydrogen-bond donors (Lipinski definition) is 1. The molecule has 8 heteroatoms. The van der Waals surface area contributed by atoms with E-state index in [2.05, 4.69) is 9.71 Å². The molecule has 0 fully saturated rings. The molecule has 1 aromatic heterocycles. The number of sulfonamides is 1. The predicted molar refractivity (Wildman–Crippen MR) is 101 cm³/mol. The molecule has 1 atom stereocenters. The summed E-state index contributed by atoms with van der Waals surface area (Å²) in [6, 6.07) is 12.7. The summed E-state index contributed by atoms with van der Waals surface area (Å²) in [6.07, 6.45) is 3.38. The van der Waals surface area contributed by atoms with E-state index >= 15 is 0 Å². The standard InChI is InChI=1S/C19H21N3O4S/c1-22-10-9-20-19(22)18(14-11-15(25-2)13-16(12-14)26-3)21-27(23,24)17-7-5-4-6-8-17/h4-13,18,21H,1-3H3. The van der Waals surface area contributed by atoms with E-state index in [4.69, 9.17) is 9.47 Å². The summed E-state index contributed by atoms with van der Waals surface area (Å²) in [4.78, 5) is 4.52. The quantitative estimate of drug-likeness (QED) is 0.674. The van der Waals surface area contributed by atoms with Gasteiger partial charge in [0, 0.05) is 25.5 Å². The van der Waals surface area contributed by atoms with Gasteiger partial charge in [0.05, 0.1) is 19.1 Å². The summed E-state index contributed by atoms with van der Waals surface area (Å²) < 4.78 is 41.0. The summed E-state index contributed by atoms with van der Waals surface area (Å²) in [5.41, 5.74) is 0.653. The summed E-state index contributed by atoms with van der Waals surface area (Å²) in [7, 11) is 1.12. The van der Waals surface area contributed by atoms with Gasteiger partial charge in [-0.2, -0.15) is 4.72 Å². The highest BCUT2D eigenvalue weighted by atomic mass is 32.2. The van der Waals surface area contributed by atoms with Crippen LogP contribution in [0.1, 0.15) is 17.4 Å². The molecule has 1 heterocycles. The monoisotopic (exact) mass is 387 g/mol. The van der Waals surface area contributed by atoms with Gasteiger partial charge in [0.1, 0.15) is 23.4 Å². The molecule has 0 saturated heterocycles. The van der Waals surface area contributed by atoms with E-state index in [1.165, 1.54) is 0 Å². The van der Waals surface area contributed by atoms with Crippen LogP contribution >= 0.6 is 0 Å². The SMILES string of the molecule is COc1cc(OC)cc(C(NS(=O)(=O)c2ccccc2)c2nccn2C)c1. The Bertz CT molecular complexity index is 994. The van der Waals surface area contributed by atoms with Crippen LogP contribution in [0.2, 0.25) is 0 Å². The van der Waals surface area contributed by atoms with Crippen LogP contribution in [0.4, 0.5) is 0 Å². The highest BCUT2D eigenvalue weighted by Gasteiger charge is 2.26. The first kappa shape index (κ1) is 18.9. The van der Waals surface area contributed by atoms with Crippen molar-refractivity contribution < 1.29 is 17.9 Å². The lowest BCUT2D eigenvalue weighted by molar-refractivity contribution is 0.392. The van der Waals surface area contributed by atoms with Crippen molar-refractivity contribution in [2.75, 3.05) is 14.2 Å². The second-order valence-corrected chi connectivity index (χ2v) is 7.62. The van der Waals surface area contributed by atoms with Crippen molar-refractivity contribution >= 4 is 10.0 Å². The molecule has 0 aliphatic heterocycles. The number of imidazole rings is 1. The second kappa shape index (κ2) is 7.81. The lowest BCUT2D eigenvalue weighted by Crippen LogP contribution is -2.31. The molecule has 0 radical (unpaired) electrons. The third-order valence-electron chi connectivity index (χ3n) is 4.15. The van der Waals surface area contributed by atoms with Gasteiger partial charge in [-0.25, -0.2) is 13.4 Å². The summed E-state index contributed by atoms with van der Waals surface area (Å²) in [6.45, 7) is 0. The number of nitrogens with one attached hydrogen (secondary N) is 1. The van der Waals surface area contributed by atoms with Crippen molar-refractivity contribution in [2.24, 2.45) is 7.05 Å². The Hall–Kier alpha value is -2.84. The Balaban J connectivity index is 2.10. The maximum Gasteiger partial charge on any atom is 0.241 e. The molecule has 1 unspecified atom stereocenters. The van der Waals surface area contributed by atoms with Crippen LogP contribution in [-0.4, -0.2) is 32.2 Å². The van der Waals surface area contributed by atoms with Gasteiger partial charge in [-0.05, 0) is 29.8 Å². The molecule has 0 amide bonds. The molecule has 0 aliphatic carbocycles. The number of aryl methyl sites for hydroxylation is 1. The van der Waals surface area contributed by atoms with Gasteiger partial charge in [-0.15, -0.1) is 0 Å². The van der Waals surface area contributed by atoms with E-state index < -0.39 is 16.1 Å².